The van der Waals surface area contributed by atoms with E-state index < -0.39 is 12.1 Å². The number of carbonyl (C=O) groups excluding carboxylic acids is 2. The summed E-state index contributed by atoms with van der Waals surface area (Å²) in [6.45, 7) is 3.87. The number of hydrogen-bond acceptors (Lipinski definition) is 5. The molecule has 1 amide bonds. The van der Waals surface area contributed by atoms with Crippen LogP contribution in [0.2, 0.25) is 5.02 Å². The Labute approximate surface area is 164 Å². The summed E-state index contributed by atoms with van der Waals surface area (Å²) in [6, 6.07) is 3.56. The van der Waals surface area contributed by atoms with E-state index in [4.69, 9.17) is 25.8 Å². The molecule has 2 rings (SSSR count). The van der Waals surface area contributed by atoms with Gasteiger partial charge in [-0.25, -0.2) is 4.79 Å². The molecule has 1 aromatic rings. The largest absolute Gasteiger partial charge is 0.491 e. The average molecular weight is 396 g/mol. The van der Waals surface area contributed by atoms with Crippen LogP contribution in [0.5, 0.6) is 11.5 Å². The molecule has 6 nitrogen and oxygen atoms in total. The fraction of sp³-hybridized carbons (Fsp3) is 0.500. The van der Waals surface area contributed by atoms with Gasteiger partial charge in [-0.1, -0.05) is 24.4 Å². The molecule has 1 atom stereocenters. The normalized spacial score (nSPS) is 15.6. The third kappa shape index (κ3) is 6.17. The lowest BCUT2D eigenvalue weighted by molar-refractivity contribution is -0.150. The van der Waals surface area contributed by atoms with Crippen molar-refractivity contribution in [2.75, 3.05) is 13.7 Å². The van der Waals surface area contributed by atoms with Gasteiger partial charge in [0.25, 0.3) is 5.91 Å². The Morgan fingerprint density at radius 2 is 2.04 bits per heavy atom. The first-order valence-corrected chi connectivity index (χ1v) is 9.51. The zero-order chi connectivity index (χ0) is 19.8. The second-order valence-corrected chi connectivity index (χ2v) is 6.78. The van der Waals surface area contributed by atoms with Gasteiger partial charge in [-0.05, 0) is 50.5 Å². The van der Waals surface area contributed by atoms with E-state index in [1.54, 1.807) is 25.1 Å². The van der Waals surface area contributed by atoms with Crippen molar-refractivity contribution in [2.45, 2.75) is 51.7 Å². The van der Waals surface area contributed by atoms with Gasteiger partial charge in [0, 0.05) is 12.1 Å². The first-order chi connectivity index (χ1) is 12.9. The van der Waals surface area contributed by atoms with Gasteiger partial charge in [0.05, 0.1) is 18.7 Å². The zero-order valence-electron chi connectivity index (χ0n) is 15.9. The van der Waals surface area contributed by atoms with Gasteiger partial charge in [-0.3, -0.25) is 4.79 Å². The van der Waals surface area contributed by atoms with Gasteiger partial charge >= 0.3 is 5.97 Å². The van der Waals surface area contributed by atoms with Crippen LogP contribution >= 0.6 is 11.6 Å². The lowest BCUT2D eigenvalue weighted by Crippen LogP contribution is -2.40. The molecule has 0 saturated heterocycles. The Bertz CT molecular complexity index is 698. The van der Waals surface area contributed by atoms with Gasteiger partial charge < -0.3 is 19.5 Å². The number of hydrogen-bond donors (Lipinski definition) is 1. The molecular formula is C20H26ClNO5. The lowest BCUT2D eigenvalue weighted by Gasteiger charge is -2.16. The standard InChI is InChI=1S/C20H26ClNO5/c1-4-26-17-12-14(11-16(21)19(17)25-3)9-10-18(23)27-13(2)20(24)22-15-7-5-6-8-15/h9-13,15H,4-8H2,1-3H3,(H,22,24)/b10-9+/t13-/m0/s1. The summed E-state index contributed by atoms with van der Waals surface area (Å²) in [4.78, 5) is 24.1. The Hall–Kier alpha value is -2.21. The highest BCUT2D eigenvalue weighted by Crippen LogP contribution is 2.36. The molecule has 1 N–H and O–H groups in total. The van der Waals surface area contributed by atoms with E-state index >= 15 is 0 Å². The lowest BCUT2D eigenvalue weighted by atomic mass is 10.2. The minimum absolute atomic E-state index is 0.188. The molecule has 0 radical (unpaired) electrons. The molecule has 0 aromatic heterocycles. The smallest absolute Gasteiger partial charge is 0.331 e. The summed E-state index contributed by atoms with van der Waals surface area (Å²) in [5.74, 6) is 0.0593. The third-order valence-corrected chi connectivity index (χ3v) is 4.59. The van der Waals surface area contributed by atoms with E-state index in [-0.39, 0.29) is 11.9 Å². The predicted octanol–water partition coefficient (Wildman–Crippen LogP) is 3.75. The molecule has 1 fully saturated rings. The maximum atomic E-state index is 12.1. The number of carbonyl (C=O) groups is 2. The summed E-state index contributed by atoms with van der Waals surface area (Å²) < 4.78 is 15.9. The summed E-state index contributed by atoms with van der Waals surface area (Å²) in [6.07, 6.45) is 6.16. The fourth-order valence-corrected chi connectivity index (χ4v) is 3.26. The van der Waals surface area contributed by atoms with E-state index in [0.29, 0.717) is 28.7 Å². The van der Waals surface area contributed by atoms with Crippen molar-refractivity contribution in [3.8, 4) is 11.5 Å². The second-order valence-electron chi connectivity index (χ2n) is 6.37. The SMILES string of the molecule is CCOc1cc(/C=C/C(=O)O[C@@H](C)C(=O)NC2CCCC2)cc(Cl)c1OC. The van der Waals surface area contributed by atoms with E-state index in [1.807, 2.05) is 6.92 Å². The molecule has 1 aromatic carbocycles. The first kappa shape index (κ1) is 21.1. The molecule has 0 aliphatic heterocycles. The van der Waals surface area contributed by atoms with Crippen molar-refractivity contribution >= 4 is 29.6 Å². The van der Waals surface area contributed by atoms with Crippen molar-refractivity contribution in [3.63, 3.8) is 0 Å². The summed E-state index contributed by atoms with van der Waals surface area (Å²) >= 11 is 6.18. The highest BCUT2D eigenvalue weighted by atomic mass is 35.5. The molecule has 0 unspecified atom stereocenters. The quantitative estimate of drug-likeness (QED) is 0.536. The summed E-state index contributed by atoms with van der Waals surface area (Å²) in [5.41, 5.74) is 0.657. The number of amides is 1. The van der Waals surface area contributed by atoms with Crippen LogP contribution in [0.1, 0.15) is 45.1 Å². The Balaban J connectivity index is 1.96. The van der Waals surface area contributed by atoms with Crippen LogP contribution in [0.3, 0.4) is 0 Å². The van der Waals surface area contributed by atoms with Crippen LogP contribution in [0, 0.1) is 0 Å². The van der Waals surface area contributed by atoms with E-state index in [1.165, 1.54) is 13.2 Å². The monoisotopic (exact) mass is 395 g/mol. The van der Waals surface area contributed by atoms with Crippen LogP contribution in [-0.4, -0.2) is 37.7 Å². The van der Waals surface area contributed by atoms with E-state index in [2.05, 4.69) is 5.32 Å². The van der Waals surface area contributed by atoms with Crippen LogP contribution in [0.15, 0.2) is 18.2 Å². The first-order valence-electron chi connectivity index (χ1n) is 9.14. The van der Waals surface area contributed by atoms with Crippen molar-refractivity contribution in [1.29, 1.82) is 0 Å². The van der Waals surface area contributed by atoms with Crippen LogP contribution < -0.4 is 14.8 Å². The van der Waals surface area contributed by atoms with Crippen molar-refractivity contribution in [1.82, 2.24) is 5.32 Å². The fourth-order valence-electron chi connectivity index (χ4n) is 2.97. The zero-order valence-corrected chi connectivity index (χ0v) is 16.7. The van der Waals surface area contributed by atoms with Gasteiger partial charge in [0.15, 0.2) is 17.6 Å². The maximum Gasteiger partial charge on any atom is 0.331 e. The van der Waals surface area contributed by atoms with Gasteiger partial charge in [0.2, 0.25) is 0 Å². The molecule has 1 aliphatic rings. The molecule has 1 saturated carbocycles. The van der Waals surface area contributed by atoms with Crippen molar-refractivity contribution < 1.29 is 23.8 Å². The van der Waals surface area contributed by atoms with Crippen molar-refractivity contribution in [3.05, 3.63) is 28.8 Å². The van der Waals surface area contributed by atoms with Gasteiger partial charge in [-0.2, -0.15) is 0 Å². The van der Waals surface area contributed by atoms with Crippen molar-refractivity contribution in [2.24, 2.45) is 0 Å². The minimum Gasteiger partial charge on any atom is -0.491 e. The number of rotatable bonds is 8. The molecular weight excluding hydrogens is 370 g/mol. The summed E-state index contributed by atoms with van der Waals surface area (Å²) in [5, 5.41) is 3.29. The maximum absolute atomic E-state index is 12.1. The van der Waals surface area contributed by atoms with Crippen LogP contribution in [0.25, 0.3) is 6.08 Å². The topological polar surface area (TPSA) is 73.9 Å². The molecule has 0 heterocycles. The second kappa shape index (κ2) is 10.2. The van der Waals surface area contributed by atoms with E-state index in [9.17, 15) is 9.59 Å². The molecule has 0 spiro atoms. The van der Waals surface area contributed by atoms with Crippen LogP contribution in [-0.2, 0) is 14.3 Å². The predicted molar refractivity (Wildman–Crippen MR) is 104 cm³/mol. The Morgan fingerprint density at radius 3 is 2.67 bits per heavy atom. The number of nitrogens with one attached hydrogen (secondary N) is 1. The highest BCUT2D eigenvalue weighted by Gasteiger charge is 2.22. The molecule has 7 heteroatoms. The number of ether oxygens (including phenoxy) is 3. The number of methoxy groups -OCH3 is 1. The summed E-state index contributed by atoms with van der Waals surface area (Å²) in [7, 11) is 1.51. The molecule has 27 heavy (non-hydrogen) atoms. The minimum atomic E-state index is -0.846. The van der Waals surface area contributed by atoms with Crippen LogP contribution in [0.4, 0.5) is 0 Å². The molecule has 1 aliphatic carbocycles. The molecule has 0 bridgehead atoms. The third-order valence-electron chi connectivity index (χ3n) is 4.31. The number of benzene rings is 1. The molecule has 148 valence electrons. The Kier molecular flexibility index (Phi) is 7.98. The van der Waals surface area contributed by atoms with E-state index in [0.717, 1.165) is 25.7 Å². The Morgan fingerprint density at radius 1 is 1.33 bits per heavy atom. The van der Waals surface area contributed by atoms with Gasteiger partial charge in [-0.15, -0.1) is 0 Å². The number of esters is 1. The van der Waals surface area contributed by atoms with Gasteiger partial charge in [0.1, 0.15) is 0 Å². The number of halogens is 1. The highest BCUT2D eigenvalue weighted by molar-refractivity contribution is 6.32. The average Bonchev–Trinajstić information content (AvgIpc) is 3.13.